The van der Waals surface area contributed by atoms with E-state index in [2.05, 4.69) is 20.1 Å². The molecule has 9 nitrogen and oxygen atoms in total. The van der Waals surface area contributed by atoms with E-state index in [1.807, 2.05) is 30.3 Å². The van der Waals surface area contributed by atoms with Gasteiger partial charge in [-0.1, -0.05) is 30.3 Å². The summed E-state index contributed by atoms with van der Waals surface area (Å²) in [5.41, 5.74) is 0.555. The van der Waals surface area contributed by atoms with Gasteiger partial charge in [-0.3, -0.25) is 14.5 Å². The maximum Gasteiger partial charge on any atom is 0.293 e. The second-order valence-electron chi connectivity index (χ2n) is 11.1. The van der Waals surface area contributed by atoms with Crippen molar-refractivity contribution in [2.24, 2.45) is 0 Å². The molecule has 2 aliphatic heterocycles. The predicted octanol–water partition coefficient (Wildman–Crippen LogP) is 3.46. The first-order chi connectivity index (χ1) is 20.5. The topological polar surface area (TPSA) is 82.9 Å². The van der Waals surface area contributed by atoms with Gasteiger partial charge in [-0.05, 0) is 68.6 Å². The number of likely N-dealkylation sites (tertiary alicyclic amines) is 2. The fourth-order valence-electron chi connectivity index (χ4n) is 5.59. The van der Waals surface area contributed by atoms with Crippen LogP contribution in [0.25, 0.3) is 0 Å². The average molecular weight is 577 g/mol. The molecule has 3 aromatic rings. The van der Waals surface area contributed by atoms with E-state index >= 15 is 0 Å². The van der Waals surface area contributed by atoms with Crippen LogP contribution in [0.5, 0.6) is 5.75 Å². The van der Waals surface area contributed by atoms with Gasteiger partial charge in [0.25, 0.3) is 5.56 Å². The molecule has 10 heteroatoms. The molecule has 2 saturated heterocycles. The van der Waals surface area contributed by atoms with Crippen molar-refractivity contribution >= 4 is 11.7 Å². The highest BCUT2D eigenvalue weighted by atomic mass is 19.1. The molecule has 224 valence electrons. The van der Waals surface area contributed by atoms with Crippen LogP contribution in [0.15, 0.2) is 71.8 Å². The van der Waals surface area contributed by atoms with Gasteiger partial charge in [0.2, 0.25) is 5.91 Å². The molecule has 1 N–H and O–H groups in total. The number of halogens is 1. The summed E-state index contributed by atoms with van der Waals surface area (Å²) in [6.07, 6.45) is 7.27. The van der Waals surface area contributed by atoms with E-state index in [-0.39, 0.29) is 35.7 Å². The van der Waals surface area contributed by atoms with Crippen LogP contribution < -0.4 is 15.6 Å². The molecule has 0 radical (unpaired) electrons. The van der Waals surface area contributed by atoms with Crippen LogP contribution in [0.1, 0.15) is 31.2 Å². The van der Waals surface area contributed by atoms with Crippen molar-refractivity contribution < 1.29 is 13.9 Å². The highest BCUT2D eigenvalue weighted by Crippen LogP contribution is 2.15. The van der Waals surface area contributed by atoms with Gasteiger partial charge < -0.3 is 24.4 Å². The fourth-order valence-corrected chi connectivity index (χ4v) is 5.59. The van der Waals surface area contributed by atoms with Crippen LogP contribution in [0.2, 0.25) is 0 Å². The third kappa shape index (κ3) is 8.62. The molecule has 0 saturated carbocycles. The molecule has 1 aromatic heterocycles. The molecule has 2 aliphatic rings. The third-order valence-corrected chi connectivity index (χ3v) is 8.09. The van der Waals surface area contributed by atoms with Gasteiger partial charge in [0, 0.05) is 57.7 Å². The lowest BCUT2D eigenvalue weighted by Crippen LogP contribution is -2.43. The minimum atomic E-state index is -0.306. The third-order valence-electron chi connectivity index (χ3n) is 8.09. The number of piperidine rings is 1. The second kappa shape index (κ2) is 14.9. The van der Waals surface area contributed by atoms with Crippen molar-refractivity contribution in [2.75, 3.05) is 57.7 Å². The Kier molecular flexibility index (Phi) is 10.6. The number of benzene rings is 2. The molecule has 1 amide bonds. The largest absolute Gasteiger partial charge is 0.492 e. The molecule has 42 heavy (non-hydrogen) atoms. The SMILES string of the molecule is O=C(Cn1ccnc(NC2CCN(CCOc3ccccc3)CC2)c1=O)N(CCN1CCCC1)Cc1ccc(F)cc1. The van der Waals surface area contributed by atoms with Gasteiger partial charge >= 0.3 is 0 Å². The van der Waals surface area contributed by atoms with Crippen LogP contribution in [0.4, 0.5) is 10.2 Å². The van der Waals surface area contributed by atoms with Crippen molar-refractivity contribution in [1.29, 1.82) is 0 Å². The minimum absolute atomic E-state index is 0.0723. The minimum Gasteiger partial charge on any atom is -0.492 e. The van der Waals surface area contributed by atoms with Crippen LogP contribution in [0, 0.1) is 5.82 Å². The highest BCUT2D eigenvalue weighted by molar-refractivity contribution is 5.76. The van der Waals surface area contributed by atoms with Crippen LogP contribution in [-0.4, -0.2) is 88.6 Å². The number of anilines is 1. The summed E-state index contributed by atoms with van der Waals surface area (Å²) >= 11 is 0. The Labute approximate surface area is 246 Å². The Morgan fingerprint density at radius 3 is 2.43 bits per heavy atom. The first-order valence-electron chi connectivity index (χ1n) is 15.0. The predicted molar refractivity (Wildman–Crippen MR) is 161 cm³/mol. The smallest absolute Gasteiger partial charge is 0.293 e. The molecule has 3 heterocycles. The van der Waals surface area contributed by atoms with Gasteiger partial charge in [-0.2, -0.15) is 0 Å². The monoisotopic (exact) mass is 576 g/mol. The summed E-state index contributed by atoms with van der Waals surface area (Å²) in [5.74, 6) is 0.700. The Bertz CT molecular complexity index is 1320. The van der Waals surface area contributed by atoms with Crippen molar-refractivity contribution in [3.05, 3.63) is 88.7 Å². The number of nitrogens with zero attached hydrogens (tertiary/aromatic N) is 5. The number of para-hydroxylation sites is 1. The van der Waals surface area contributed by atoms with Gasteiger partial charge in [0.05, 0.1) is 0 Å². The summed E-state index contributed by atoms with van der Waals surface area (Å²) in [7, 11) is 0. The lowest BCUT2D eigenvalue weighted by Gasteiger charge is -2.32. The number of amides is 1. The molecule has 0 atom stereocenters. The Morgan fingerprint density at radius 1 is 0.976 bits per heavy atom. The number of aromatic nitrogens is 2. The van der Waals surface area contributed by atoms with E-state index in [0.717, 1.165) is 63.4 Å². The van der Waals surface area contributed by atoms with Crippen molar-refractivity contribution in [3.8, 4) is 5.75 Å². The molecular formula is C32H41FN6O3. The van der Waals surface area contributed by atoms with E-state index in [1.54, 1.807) is 29.4 Å². The first kappa shape index (κ1) is 29.7. The molecule has 2 aromatic carbocycles. The van der Waals surface area contributed by atoms with E-state index in [0.29, 0.717) is 19.7 Å². The zero-order valence-corrected chi connectivity index (χ0v) is 24.2. The highest BCUT2D eigenvalue weighted by Gasteiger charge is 2.22. The summed E-state index contributed by atoms with van der Waals surface area (Å²) in [6.45, 7) is 7.01. The second-order valence-corrected chi connectivity index (χ2v) is 11.1. The van der Waals surface area contributed by atoms with E-state index in [9.17, 15) is 14.0 Å². The zero-order valence-electron chi connectivity index (χ0n) is 24.2. The number of carbonyl (C=O) groups is 1. The number of hydrogen-bond acceptors (Lipinski definition) is 7. The van der Waals surface area contributed by atoms with E-state index in [1.165, 1.54) is 29.5 Å². The first-order valence-corrected chi connectivity index (χ1v) is 15.0. The summed E-state index contributed by atoms with van der Waals surface area (Å²) in [4.78, 5) is 37.6. The van der Waals surface area contributed by atoms with Crippen molar-refractivity contribution in [1.82, 2.24) is 24.3 Å². The number of ether oxygens (including phenoxy) is 1. The van der Waals surface area contributed by atoms with Crippen LogP contribution in [0.3, 0.4) is 0 Å². The maximum absolute atomic E-state index is 13.5. The molecular weight excluding hydrogens is 535 g/mol. The standard InChI is InChI=1S/C32H41FN6O3/c33-27-10-8-26(9-11-27)24-38(21-20-36-15-4-5-16-36)30(40)25-39-19-14-34-31(32(39)41)35-28-12-17-37(18-13-28)22-23-42-29-6-2-1-3-7-29/h1-3,6-11,14,19,28H,4-5,12-13,15-18,20-25H2,(H,34,35). The quantitative estimate of drug-likeness (QED) is 0.334. The summed E-state index contributed by atoms with van der Waals surface area (Å²) in [5, 5.41) is 3.33. The molecule has 0 bridgehead atoms. The Morgan fingerprint density at radius 2 is 1.69 bits per heavy atom. The van der Waals surface area contributed by atoms with Crippen LogP contribution in [-0.2, 0) is 17.9 Å². The Hall–Kier alpha value is -3.76. The molecule has 0 spiro atoms. The summed E-state index contributed by atoms with van der Waals surface area (Å²) < 4.78 is 20.7. The lowest BCUT2D eigenvalue weighted by atomic mass is 10.1. The average Bonchev–Trinajstić information content (AvgIpc) is 3.53. The number of carbonyl (C=O) groups excluding carboxylic acids is 1. The summed E-state index contributed by atoms with van der Waals surface area (Å²) in [6, 6.07) is 16.2. The molecule has 2 fully saturated rings. The molecule has 0 unspecified atom stereocenters. The number of hydrogen-bond donors (Lipinski definition) is 1. The van der Waals surface area contributed by atoms with Gasteiger partial charge in [-0.25, -0.2) is 9.37 Å². The van der Waals surface area contributed by atoms with Crippen molar-refractivity contribution in [3.63, 3.8) is 0 Å². The normalized spacial score (nSPS) is 16.4. The molecule has 5 rings (SSSR count). The lowest BCUT2D eigenvalue weighted by molar-refractivity contribution is -0.132. The van der Waals surface area contributed by atoms with Gasteiger partial charge in [-0.15, -0.1) is 0 Å². The van der Waals surface area contributed by atoms with Crippen LogP contribution >= 0.6 is 0 Å². The number of nitrogens with one attached hydrogen (secondary N) is 1. The fraction of sp³-hybridized carbons (Fsp3) is 0.469. The number of rotatable bonds is 13. The van der Waals surface area contributed by atoms with Gasteiger partial charge in [0.15, 0.2) is 5.82 Å². The van der Waals surface area contributed by atoms with Gasteiger partial charge in [0.1, 0.15) is 24.7 Å². The zero-order chi connectivity index (χ0) is 29.1. The van der Waals surface area contributed by atoms with Crippen molar-refractivity contribution in [2.45, 2.75) is 44.8 Å². The van der Waals surface area contributed by atoms with E-state index in [4.69, 9.17) is 4.74 Å². The Balaban J connectivity index is 1.14. The van der Waals surface area contributed by atoms with E-state index < -0.39 is 0 Å². The molecule has 0 aliphatic carbocycles. The maximum atomic E-state index is 13.5.